The van der Waals surface area contributed by atoms with Crippen LogP contribution in [0, 0.1) is 11.6 Å². The van der Waals surface area contributed by atoms with E-state index in [0.717, 1.165) is 18.2 Å². The highest BCUT2D eigenvalue weighted by Crippen LogP contribution is 2.22. The Kier molecular flexibility index (Phi) is 6.04. The molecule has 132 valence electrons. The minimum Gasteiger partial charge on any atom is -0.481 e. The van der Waals surface area contributed by atoms with Crippen LogP contribution in [0.4, 0.5) is 19.3 Å². The highest BCUT2D eigenvalue weighted by Gasteiger charge is 2.32. The summed E-state index contributed by atoms with van der Waals surface area (Å²) in [5.41, 5.74) is -0.312. The van der Waals surface area contributed by atoms with Gasteiger partial charge in [-0.2, -0.15) is 0 Å². The number of anilines is 1. The van der Waals surface area contributed by atoms with Crippen molar-refractivity contribution in [1.82, 2.24) is 5.32 Å². The molecule has 7 nitrogen and oxygen atoms in total. The predicted octanol–water partition coefficient (Wildman–Crippen LogP) is 1.47. The summed E-state index contributed by atoms with van der Waals surface area (Å²) in [6.45, 7) is -0.407. The molecule has 1 fully saturated rings. The summed E-state index contributed by atoms with van der Waals surface area (Å²) in [5, 5.41) is 22.8. The van der Waals surface area contributed by atoms with Crippen LogP contribution in [0.3, 0.4) is 0 Å². The summed E-state index contributed by atoms with van der Waals surface area (Å²) in [6.07, 6.45) is -0.721. The van der Waals surface area contributed by atoms with Crippen LogP contribution in [-0.2, 0) is 9.53 Å². The van der Waals surface area contributed by atoms with E-state index in [1.807, 2.05) is 0 Å². The van der Waals surface area contributed by atoms with Gasteiger partial charge in [0.1, 0.15) is 17.7 Å². The Hall–Kier alpha value is -2.26. The van der Waals surface area contributed by atoms with E-state index in [2.05, 4.69) is 10.6 Å². The van der Waals surface area contributed by atoms with E-state index >= 15 is 0 Å². The quantitative estimate of drug-likeness (QED) is 0.647. The average Bonchev–Trinajstić information content (AvgIpc) is 2.51. The molecule has 4 N–H and O–H groups in total. The number of rotatable bonds is 5. The lowest BCUT2D eigenvalue weighted by Crippen LogP contribution is -2.52. The number of amides is 2. The van der Waals surface area contributed by atoms with Gasteiger partial charge in [-0.05, 0) is 25.0 Å². The van der Waals surface area contributed by atoms with E-state index in [9.17, 15) is 23.5 Å². The first-order valence-corrected chi connectivity index (χ1v) is 7.39. The zero-order valence-electron chi connectivity index (χ0n) is 12.7. The van der Waals surface area contributed by atoms with Gasteiger partial charge < -0.3 is 25.6 Å². The van der Waals surface area contributed by atoms with Crippen molar-refractivity contribution in [2.75, 3.05) is 11.9 Å². The zero-order chi connectivity index (χ0) is 17.7. The molecule has 24 heavy (non-hydrogen) atoms. The molecular weight excluding hydrogens is 326 g/mol. The second-order valence-corrected chi connectivity index (χ2v) is 5.48. The molecule has 0 unspecified atom stereocenters. The standard InChI is InChI=1S/C15H18F2N2O5/c16-8-1-3-10(17)12(5-8)19-15(23)18-11-4-2-9(6-14(21)22)24-13(11)7-20/h1,3,5,9,11,13,20H,2,4,6-7H2,(H,21,22)(H2,18,19,23)/t9-,11+,13-/m0/s1. The number of carboxylic acids is 1. The molecule has 0 saturated carbocycles. The Balaban J connectivity index is 1.93. The number of nitrogens with one attached hydrogen (secondary N) is 2. The number of carboxylic acid groups (broad SMARTS) is 1. The lowest BCUT2D eigenvalue weighted by atomic mass is 9.97. The first-order valence-electron chi connectivity index (χ1n) is 7.39. The van der Waals surface area contributed by atoms with E-state index in [0.29, 0.717) is 12.8 Å². The Morgan fingerprint density at radius 2 is 2.04 bits per heavy atom. The van der Waals surface area contributed by atoms with Crippen molar-refractivity contribution in [2.45, 2.75) is 37.5 Å². The molecule has 1 heterocycles. The molecule has 0 aromatic heterocycles. The average molecular weight is 344 g/mol. The largest absolute Gasteiger partial charge is 0.481 e. The second-order valence-electron chi connectivity index (χ2n) is 5.48. The van der Waals surface area contributed by atoms with Crippen molar-refractivity contribution in [3.63, 3.8) is 0 Å². The van der Waals surface area contributed by atoms with Crippen molar-refractivity contribution in [2.24, 2.45) is 0 Å². The maximum absolute atomic E-state index is 13.5. The van der Waals surface area contributed by atoms with Gasteiger partial charge in [0.15, 0.2) is 0 Å². The van der Waals surface area contributed by atoms with Gasteiger partial charge in [0, 0.05) is 6.07 Å². The van der Waals surface area contributed by atoms with Crippen LogP contribution in [-0.4, -0.2) is 47.1 Å². The predicted molar refractivity (Wildman–Crippen MR) is 79.5 cm³/mol. The van der Waals surface area contributed by atoms with Gasteiger partial charge in [0.05, 0.1) is 30.9 Å². The Morgan fingerprint density at radius 1 is 1.29 bits per heavy atom. The lowest BCUT2D eigenvalue weighted by Gasteiger charge is -2.35. The Labute approximate surface area is 136 Å². The minimum atomic E-state index is -1.01. The van der Waals surface area contributed by atoms with Gasteiger partial charge >= 0.3 is 12.0 Å². The third-order valence-electron chi connectivity index (χ3n) is 3.69. The minimum absolute atomic E-state index is 0.191. The number of carbonyl (C=O) groups excluding carboxylic acids is 1. The molecule has 1 aromatic rings. The van der Waals surface area contributed by atoms with E-state index < -0.39 is 48.5 Å². The van der Waals surface area contributed by atoms with E-state index in [1.54, 1.807) is 0 Å². The number of aliphatic hydroxyl groups is 1. The topological polar surface area (TPSA) is 108 Å². The molecule has 2 amide bonds. The molecule has 1 aliphatic rings. The number of aliphatic carboxylic acids is 1. The number of aliphatic hydroxyl groups excluding tert-OH is 1. The smallest absolute Gasteiger partial charge is 0.319 e. The van der Waals surface area contributed by atoms with Gasteiger partial charge in [-0.3, -0.25) is 4.79 Å². The van der Waals surface area contributed by atoms with Crippen molar-refractivity contribution in [3.05, 3.63) is 29.8 Å². The van der Waals surface area contributed by atoms with Crippen LogP contribution in [0.2, 0.25) is 0 Å². The SMILES string of the molecule is O=C(O)C[C@@H]1CC[C@@H](NC(=O)Nc2cc(F)ccc2F)[C@H](CO)O1. The highest BCUT2D eigenvalue weighted by molar-refractivity contribution is 5.89. The molecule has 2 rings (SSSR count). The molecule has 0 bridgehead atoms. The number of halogens is 2. The Bertz CT molecular complexity index is 614. The van der Waals surface area contributed by atoms with Crippen LogP contribution < -0.4 is 10.6 Å². The van der Waals surface area contributed by atoms with E-state index in [4.69, 9.17) is 9.84 Å². The first-order chi connectivity index (χ1) is 11.4. The summed E-state index contributed by atoms with van der Waals surface area (Å²) in [6, 6.07) is 1.32. The zero-order valence-corrected chi connectivity index (χ0v) is 12.7. The number of urea groups is 1. The fraction of sp³-hybridized carbons (Fsp3) is 0.467. The van der Waals surface area contributed by atoms with E-state index in [-0.39, 0.29) is 12.1 Å². The molecule has 9 heteroatoms. The summed E-state index contributed by atoms with van der Waals surface area (Å²) >= 11 is 0. The molecule has 0 aliphatic carbocycles. The van der Waals surface area contributed by atoms with E-state index in [1.165, 1.54) is 0 Å². The number of ether oxygens (including phenoxy) is 1. The number of hydrogen-bond donors (Lipinski definition) is 4. The molecule has 0 spiro atoms. The van der Waals surface area contributed by atoms with Gasteiger partial charge in [-0.1, -0.05) is 0 Å². The molecule has 1 saturated heterocycles. The van der Waals surface area contributed by atoms with Crippen LogP contribution in [0.25, 0.3) is 0 Å². The highest BCUT2D eigenvalue weighted by atomic mass is 19.1. The van der Waals surface area contributed by atoms with Gasteiger partial charge in [-0.25, -0.2) is 13.6 Å². The molecule has 0 radical (unpaired) electrons. The monoisotopic (exact) mass is 344 g/mol. The molecule has 1 aromatic carbocycles. The molecular formula is C15H18F2N2O5. The second kappa shape index (κ2) is 8.02. The fourth-order valence-electron chi connectivity index (χ4n) is 2.56. The third kappa shape index (κ3) is 4.87. The third-order valence-corrected chi connectivity index (χ3v) is 3.69. The summed E-state index contributed by atoms with van der Waals surface area (Å²) < 4.78 is 32.0. The van der Waals surface area contributed by atoms with Gasteiger partial charge in [-0.15, -0.1) is 0 Å². The van der Waals surface area contributed by atoms with Crippen molar-refractivity contribution in [1.29, 1.82) is 0 Å². The van der Waals surface area contributed by atoms with Crippen LogP contribution in [0.15, 0.2) is 18.2 Å². The summed E-state index contributed by atoms with van der Waals surface area (Å²) in [5.74, 6) is -2.49. The van der Waals surface area contributed by atoms with Crippen molar-refractivity contribution < 1.29 is 33.3 Å². The molecule has 3 atom stereocenters. The normalized spacial score (nSPS) is 23.5. The summed E-state index contributed by atoms with van der Waals surface area (Å²) in [7, 11) is 0. The Morgan fingerprint density at radius 3 is 2.71 bits per heavy atom. The first kappa shape index (κ1) is 18.1. The fourth-order valence-corrected chi connectivity index (χ4v) is 2.56. The molecule has 1 aliphatic heterocycles. The van der Waals surface area contributed by atoms with Gasteiger partial charge in [0.2, 0.25) is 0 Å². The summed E-state index contributed by atoms with van der Waals surface area (Å²) in [4.78, 5) is 22.6. The number of benzene rings is 1. The van der Waals surface area contributed by atoms with Crippen molar-refractivity contribution >= 4 is 17.7 Å². The van der Waals surface area contributed by atoms with Crippen LogP contribution >= 0.6 is 0 Å². The van der Waals surface area contributed by atoms with Gasteiger partial charge in [0.25, 0.3) is 0 Å². The maximum atomic E-state index is 13.5. The lowest BCUT2D eigenvalue weighted by molar-refractivity contribution is -0.145. The van der Waals surface area contributed by atoms with Crippen LogP contribution in [0.1, 0.15) is 19.3 Å². The maximum Gasteiger partial charge on any atom is 0.319 e. The number of hydrogen-bond acceptors (Lipinski definition) is 4. The van der Waals surface area contributed by atoms with Crippen LogP contribution in [0.5, 0.6) is 0 Å². The number of carbonyl (C=O) groups is 2. The van der Waals surface area contributed by atoms with Crippen molar-refractivity contribution in [3.8, 4) is 0 Å².